The molecule has 0 aliphatic rings. The first-order valence-corrected chi connectivity index (χ1v) is 9.16. The van der Waals surface area contributed by atoms with Gasteiger partial charge in [0.15, 0.2) is 0 Å². The van der Waals surface area contributed by atoms with E-state index in [-0.39, 0.29) is 12.4 Å². The van der Waals surface area contributed by atoms with Crippen molar-refractivity contribution in [2.75, 3.05) is 13.7 Å². The summed E-state index contributed by atoms with van der Waals surface area (Å²) in [5.41, 5.74) is -0.321. The van der Waals surface area contributed by atoms with Crippen LogP contribution in [0.25, 0.3) is 0 Å². The number of phenolic OH excluding ortho intramolecular Hbond substituents is 1. The number of aromatic hydroxyl groups is 1. The van der Waals surface area contributed by atoms with Gasteiger partial charge in [-0.2, -0.15) is 0 Å². The van der Waals surface area contributed by atoms with E-state index in [0.29, 0.717) is 17.9 Å². The van der Waals surface area contributed by atoms with Gasteiger partial charge in [-0.1, -0.05) is 32.4 Å². The molecule has 0 bridgehead atoms. The molecule has 0 saturated carbocycles. The minimum Gasteiger partial charge on any atom is -0.508 e. The maximum Gasteiger partial charge on any atom is 0.350 e. The Hall–Kier alpha value is -2.69. The molecule has 0 aliphatic heterocycles. The van der Waals surface area contributed by atoms with Crippen molar-refractivity contribution >= 4 is 5.97 Å². The summed E-state index contributed by atoms with van der Waals surface area (Å²) in [7, 11) is 1.59. The lowest BCUT2D eigenvalue weighted by atomic mass is 9.96. The number of rotatable bonds is 7. The lowest BCUT2D eigenvalue weighted by Crippen LogP contribution is -2.45. The molecule has 2 aromatic rings. The average Bonchev–Trinajstić information content (AvgIpc) is 2.65. The molecule has 27 heavy (non-hydrogen) atoms. The van der Waals surface area contributed by atoms with Gasteiger partial charge in [0.05, 0.1) is 13.7 Å². The van der Waals surface area contributed by atoms with Crippen LogP contribution in [0.4, 0.5) is 0 Å². The van der Waals surface area contributed by atoms with Gasteiger partial charge in [0.25, 0.3) is 0 Å². The molecule has 0 spiro atoms. The molecule has 0 heterocycles. The maximum atomic E-state index is 12.4. The van der Waals surface area contributed by atoms with Crippen molar-refractivity contribution in [2.45, 2.75) is 46.1 Å². The molecule has 1 atom stereocenters. The fourth-order valence-corrected chi connectivity index (χ4v) is 2.34. The summed E-state index contributed by atoms with van der Waals surface area (Å²) < 4.78 is 16.3. The van der Waals surface area contributed by atoms with Crippen LogP contribution in [0.5, 0.6) is 17.2 Å². The Morgan fingerprint density at radius 1 is 0.963 bits per heavy atom. The standard InChI is InChI=1S/C19H22O5.C3H8/c1-4-23-18(21)19(2,13-14-5-7-15(20)8-6-14)24-17-11-9-16(22-3)10-12-17;1-3-2/h5-12,20H,4,13H2,1-3H3;3H2,1-2H3. The van der Waals surface area contributed by atoms with Crippen LogP contribution < -0.4 is 9.47 Å². The van der Waals surface area contributed by atoms with Gasteiger partial charge in [-0.15, -0.1) is 0 Å². The van der Waals surface area contributed by atoms with Gasteiger partial charge >= 0.3 is 5.97 Å². The fraction of sp³-hybridized carbons (Fsp3) is 0.409. The van der Waals surface area contributed by atoms with Crippen molar-refractivity contribution in [1.82, 2.24) is 0 Å². The van der Waals surface area contributed by atoms with E-state index in [4.69, 9.17) is 14.2 Å². The molecule has 2 rings (SSSR count). The molecule has 0 aromatic heterocycles. The summed E-state index contributed by atoms with van der Waals surface area (Å²) in [6.45, 7) is 7.98. The Kier molecular flexibility index (Phi) is 9.20. The first-order valence-electron chi connectivity index (χ1n) is 9.16. The molecule has 0 amide bonds. The average molecular weight is 374 g/mol. The monoisotopic (exact) mass is 374 g/mol. The van der Waals surface area contributed by atoms with Crippen molar-refractivity contribution < 1.29 is 24.1 Å². The number of esters is 1. The predicted molar refractivity (Wildman–Crippen MR) is 106 cm³/mol. The topological polar surface area (TPSA) is 65.0 Å². The third-order valence-electron chi connectivity index (χ3n) is 3.59. The van der Waals surface area contributed by atoms with Crippen LogP contribution in [0.3, 0.4) is 0 Å². The normalized spacial score (nSPS) is 12.2. The van der Waals surface area contributed by atoms with Crippen LogP contribution >= 0.6 is 0 Å². The number of ether oxygens (including phenoxy) is 3. The Bertz CT molecular complexity index is 679. The van der Waals surface area contributed by atoms with Gasteiger partial charge < -0.3 is 19.3 Å². The lowest BCUT2D eigenvalue weighted by Gasteiger charge is -2.28. The van der Waals surface area contributed by atoms with Crippen molar-refractivity contribution in [3.8, 4) is 17.2 Å². The highest BCUT2D eigenvalue weighted by molar-refractivity contribution is 5.80. The maximum absolute atomic E-state index is 12.4. The highest BCUT2D eigenvalue weighted by Gasteiger charge is 2.37. The zero-order chi connectivity index (χ0) is 20.3. The van der Waals surface area contributed by atoms with Crippen LogP contribution in [-0.2, 0) is 16.0 Å². The molecular formula is C22H30O5. The highest BCUT2D eigenvalue weighted by atomic mass is 16.6. The molecule has 0 aliphatic carbocycles. The first kappa shape index (κ1) is 22.4. The van der Waals surface area contributed by atoms with Crippen LogP contribution in [0.1, 0.15) is 39.7 Å². The van der Waals surface area contributed by atoms with E-state index < -0.39 is 11.6 Å². The molecule has 1 unspecified atom stereocenters. The number of benzene rings is 2. The van der Waals surface area contributed by atoms with Crippen molar-refractivity contribution in [3.05, 3.63) is 54.1 Å². The third-order valence-corrected chi connectivity index (χ3v) is 3.59. The van der Waals surface area contributed by atoms with Gasteiger partial charge in [0.2, 0.25) is 5.60 Å². The Morgan fingerprint density at radius 2 is 1.48 bits per heavy atom. The summed E-state index contributed by atoms with van der Waals surface area (Å²) in [6.07, 6.45) is 1.57. The molecular weight excluding hydrogens is 344 g/mol. The summed E-state index contributed by atoms with van der Waals surface area (Å²) in [5.74, 6) is 0.991. The number of carbonyl (C=O) groups is 1. The van der Waals surface area contributed by atoms with Crippen LogP contribution in [-0.4, -0.2) is 30.4 Å². The molecule has 1 N–H and O–H groups in total. The van der Waals surface area contributed by atoms with E-state index in [2.05, 4.69) is 13.8 Å². The quantitative estimate of drug-likeness (QED) is 0.708. The Labute approximate surface area is 161 Å². The van der Waals surface area contributed by atoms with E-state index >= 15 is 0 Å². The van der Waals surface area contributed by atoms with E-state index in [1.54, 1.807) is 69.5 Å². The number of hydrogen-bond acceptors (Lipinski definition) is 5. The summed E-state index contributed by atoms with van der Waals surface area (Å²) >= 11 is 0. The van der Waals surface area contributed by atoms with Gasteiger partial charge in [0.1, 0.15) is 17.2 Å². The van der Waals surface area contributed by atoms with Crippen LogP contribution in [0.2, 0.25) is 0 Å². The SMILES string of the molecule is CCC.CCOC(=O)C(C)(Cc1ccc(O)cc1)Oc1ccc(OC)cc1. The Balaban J connectivity index is 0.00000114. The summed E-state index contributed by atoms with van der Waals surface area (Å²) in [6, 6.07) is 13.7. The van der Waals surface area contributed by atoms with Crippen LogP contribution in [0.15, 0.2) is 48.5 Å². The van der Waals surface area contributed by atoms with Crippen molar-refractivity contribution in [1.29, 1.82) is 0 Å². The zero-order valence-electron chi connectivity index (χ0n) is 16.8. The second-order valence-electron chi connectivity index (χ2n) is 6.28. The molecule has 2 aromatic carbocycles. The zero-order valence-corrected chi connectivity index (χ0v) is 16.8. The molecule has 0 saturated heterocycles. The van der Waals surface area contributed by atoms with Crippen molar-refractivity contribution in [2.24, 2.45) is 0 Å². The number of carbonyl (C=O) groups excluding carboxylic acids is 1. The van der Waals surface area contributed by atoms with Crippen LogP contribution in [0, 0.1) is 0 Å². The fourth-order valence-electron chi connectivity index (χ4n) is 2.34. The Morgan fingerprint density at radius 3 is 1.96 bits per heavy atom. The van der Waals surface area contributed by atoms with Gasteiger partial charge in [-0.25, -0.2) is 4.79 Å². The van der Waals surface area contributed by atoms with Gasteiger partial charge in [-0.05, 0) is 55.8 Å². The van der Waals surface area contributed by atoms with Gasteiger partial charge in [-0.3, -0.25) is 0 Å². The highest BCUT2D eigenvalue weighted by Crippen LogP contribution is 2.26. The van der Waals surface area contributed by atoms with Crippen molar-refractivity contribution in [3.63, 3.8) is 0 Å². The number of phenols is 1. The molecule has 0 radical (unpaired) electrons. The summed E-state index contributed by atoms with van der Waals surface area (Å²) in [4.78, 5) is 12.4. The second kappa shape index (κ2) is 11.1. The lowest BCUT2D eigenvalue weighted by molar-refractivity contribution is -0.160. The molecule has 0 fully saturated rings. The molecule has 5 nitrogen and oxygen atoms in total. The number of methoxy groups -OCH3 is 1. The second-order valence-corrected chi connectivity index (χ2v) is 6.28. The van der Waals surface area contributed by atoms with E-state index in [1.165, 1.54) is 6.42 Å². The molecule has 148 valence electrons. The minimum absolute atomic E-state index is 0.174. The van der Waals surface area contributed by atoms with E-state index in [0.717, 1.165) is 5.56 Å². The number of hydrogen-bond donors (Lipinski definition) is 1. The largest absolute Gasteiger partial charge is 0.508 e. The predicted octanol–water partition coefficient (Wildman–Crippen LogP) is 4.76. The van der Waals surface area contributed by atoms with E-state index in [1.807, 2.05) is 0 Å². The summed E-state index contributed by atoms with van der Waals surface area (Å²) in [5, 5.41) is 9.40. The third kappa shape index (κ3) is 7.21. The molecule has 5 heteroatoms. The van der Waals surface area contributed by atoms with E-state index in [9.17, 15) is 9.90 Å². The van der Waals surface area contributed by atoms with Gasteiger partial charge in [0, 0.05) is 6.42 Å². The minimum atomic E-state index is -1.18. The first-order chi connectivity index (χ1) is 12.9. The smallest absolute Gasteiger partial charge is 0.350 e.